The van der Waals surface area contributed by atoms with Crippen molar-refractivity contribution in [2.75, 3.05) is 0 Å². The minimum Gasteiger partial charge on any atom is -0.461 e. The van der Waals surface area contributed by atoms with Crippen LogP contribution in [0.15, 0.2) is 40.8 Å². The van der Waals surface area contributed by atoms with E-state index in [0.29, 0.717) is 41.9 Å². The first-order chi connectivity index (χ1) is 11.6. The fraction of sp³-hybridized carbons (Fsp3) is 0.450. The molecule has 24 heavy (non-hydrogen) atoms. The average Bonchev–Trinajstić information content (AvgIpc) is 3.04. The van der Waals surface area contributed by atoms with Crippen LogP contribution in [-0.2, 0) is 11.2 Å². The predicted molar refractivity (Wildman–Crippen MR) is 92.0 cm³/mol. The standard InChI is InChI=1S/C20H24FNO2/c1-14-6-2-5-9-18(14)22-20(23)13-11-15-10-12-19(24-15)16-7-3-4-8-17(16)21/h3-4,7-8,10,12,14,18H,2,5-6,9,11,13H2,1H3,(H,22,23). The van der Waals surface area contributed by atoms with Crippen molar-refractivity contribution in [1.82, 2.24) is 5.32 Å². The maximum Gasteiger partial charge on any atom is 0.220 e. The van der Waals surface area contributed by atoms with Crippen molar-refractivity contribution in [2.24, 2.45) is 5.92 Å². The van der Waals surface area contributed by atoms with E-state index in [0.717, 1.165) is 6.42 Å². The summed E-state index contributed by atoms with van der Waals surface area (Å²) >= 11 is 0. The smallest absolute Gasteiger partial charge is 0.220 e. The van der Waals surface area contributed by atoms with Crippen LogP contribution in [0.2, 0.25) is 0 Å². The molecule has 0 spiro atoms. The molecular weight excluding hydrogens is 305 g/mol. The third-order valence-electron chi connectivity index (χ3n) is 4.86. The normalized spacial score (nSPS) is 20.8. The minimum absolute atomic E-state index is 0.0672. The summed E-state index contributed by atoms with van der Waals surface area (Å²) < 4.78 is 19.5. The highest BCUT2D eigenvalue weighted by atomic mass is 19.1. The number of benzene rings is 1. The Kier molecular flexibility index (Phi) is 5.34. The first kappa shape index (κ1) is 16.7. The fourth-order valence-electron chi connectivity index (χ4n) is 3.36. The van der Waals surface area contributed by atoms with Crippen LogP contribution < -0.4 is 5.32 Å². The number of halogens is 1. The summed E-state index contributed by atoms with van der Waals surface area (Å²) in [5, 5.41) is 3.15. The van der Waals surface area contributed by atoms with Crippen molar-refractivity contribution in [3.8, 4) is 11.3 Å². The Labute approximate surface area is 142 Å². The molecule has 1 N–H and O–H groups in total. The van der Waals surface area contributed by atoms with E-state index in [9.17, 15) is 9.18 Å². The molecule has 1 fully saturated rings. The van der Waals surface area contributed by atoms with Crippen LogP contribution in [0.5, 0.6) is 0 Å². The van der Waals surface area contributed by atoms with Crippen molar-refractivity contribution in [3.63, 3.8) is 0 Å². The number of carbonyl (C=O) groups is 1. The number of nitrogens with one attached hydrogen (secondary N) is 1. The van der Waals surface area contributed by atoms with Gasteiger partial charge in [-0.2, -0.15) is 0 Å². The Morgan fingerprint density at radius 2 is 2.00 bits per heavy atom. The summed E-state index contributed by atoms with van der Waals surface area (Å²) in [6, 6.07) is 10.4. The molecule has 0 radical (unpaired) electrons. The van der Waals surface area contributed by atoms with Gasteiger partial charge in [-0.25, -0.2) is 4.39 Å². The van der Waals surface area contributed by atoms with E-state index in [1.807, 2.05) is 6.07 Å². The van der Waals surface area contributed by atoms with E-state index in [-0.39, 0.29) is 11.7 Å². The highest BCUT2D eigenvalue weighted by Gasteiger charge is 2.22. The molecule has 1 aliphatic carbocycles. The molecule has 1 aromatic heterocycles. The molecule has 3 rings (SSSR count). The SMILES string of the molecule is CC1CCCCC1NC(=O)CCc1ccc(-c2ccccc2F)o1. The van der Waals surface area contributed by atoms with E-state index < -0.39 is 0 Å². The second-order valence-electron chi connectivity index (χ2n) is 6.68. The van der Waals surface area contributed by atoms with Gasteiger partial charge >= 0.3 is 0 Å². The molecule has 2 aromatic rings. The fourth-order valence-corrected chi connectivity index (χ4v) is 3.36. The summed E-state index contributed by atoms with van der Waals surface area (Å²) in [7, 11) is 0. The Hall–Kier alpha value is -2.10. The summed E-state index contributed by atoms with van der Waals surface area (Å²) in [5.74, 6) is 1.53. The molecule has 1 aliphatic rings. The van der Waals surface area contributed by atoms with Crippen LogP contribution in [0.4, 0.5) is 4.39 Å². The molecular formula is C20H24FNO2. The lowest BCUT2D eigenvalue weighted by Crippen LogP contribution is -2.41. The third-order valence-corrected chi connectivity index (χ3v) is 4.86. The molecule has 1 saturated carbocycles. The number of amides is 1. The Morgan fingerprint density at radius 1 is 1.21 bits per heavy atom. The van der Waals surface area contributed by atoms with Crippen molar-refractivity contribution >= 4 is 5.91 Å². The van der Waals surface area contributed by atoms with Crippen molar-refractivity contribution in [2.45, 2.75) is 51.5 Å². The molecule has 3 nitrogen and oxygen atoms in total. The highest BCUT2D eigenvalue weighted by Crippen LogP contribution is 2.26. The number of rotatable bonds is 5. The van der Waals surface area contributed by atoms with Crippen LogP contribution in [0, 0.1) is 11.7 Å². The van der Waals surface area contributed by atoms with Gasteiger partial charge in [0.15, 0.2) is 0 Å². The van der Waals surface area contributed by atoms with E-state index >= 15 is 0 Å². The number of furan rings is 1. The monoisotopic (exact) mass is 329 g/mol. The number of aryl methyl sites for hydroxylation is 1. The van der Waals surface area contributed by atoms with Gasteiger partial charge in [0.25, 0.3) is 0 Å². The van der Waals surface area contributed by atoms with Gasteiger partial charge in [-0.3, -0.25) is 4.79 Å². The Bertz CT molecular complexity index is 694. The van der Waals surface area contributed by atoms with Gasteiger partial charge in [-0.15, -0.1) is 0 Å². The van der Waals surface area contributed by atoms with E-state index in [1.54, 1.807) is 24.3 Å². The predicted octanol–water partition coefficient (Wildman–Crippen LogP) is 4.71. The quantitative estimate of drug-likeness (QED) is 0.863. The summed E-state index contributed by atoms with van der Waals surface area (Å²) in [6.45, 7) is 2.21. The van der Waals surface area contributed by atoms with Gasteiger partial charge in [-0.05, 0) is 43.0 Å². The van der Waals surface area contributed by atoms with Gasteiger partial charge < -0.3 is 9.73 Å². The van der Waals surface area contributed by atoms with Crippen LogP contribution >= 0.6 is 0 Å². The van der Waals surface area contributed by atoms with Crippen molar-refractivity contribution in [1.29, 1.82) is 0 Å². The molecule has 1 heterocycles. The summed E-state index contributed by atoms with van der Waals surface area (Å²) in [4.78, 5) is 12.1. The first-order valence-corrected chi connectivity index (χ1v) is 8.76. The van der Waals surface area contributed by atoms with Gasteiger partial charge in [0.2, 0.25) is 5.91 Å². The Balaban J connectivity index is 1.54. The zero-order chi connectivity index (χ0) is 16.9. The van der Waals surface area contributed by atoms with Crippen LogP contribution in [0.3, 0.4) is 0 Å². The molecule has 0 bridgehead atoms. The maximum absolute atomic E-state index is 13.8. The molecule has 1 amide bonds. The molecule has 2 unspecified atom stereocenters. The molecule has 2 atom stereocenters. The average molecular weight is 329 g/mol. The summed E-state index contributed by atoms with van der Waals surface area (Å²) in [5.41, 5.74) is 0.448. The second-order valence-corrected chi connectivity index (χ2v) is 6.68. The minimum atomic E-state index is -0.303. The molecule has 0 saturated heterocycles. The van der Waals surface area contributed by atoms with Crippen molar-refractivity contribution < 1.29 is 13.6 Å². The van der Waals surface area contributed by atoms with Crippen LogP contribution in [-0.4, -0.2) is 11.9 Å². The number of hydrogen-bond acceptors (Lipinski definition) is 2. The van der Waals surface area contributed by atoms with Crippen molar-refractivity contribution in [3.05, 3.63) is 48.0 Å². The van der Waals surface area contributed by atoms with Gasteiger partial charge in [-0.1, -0.05) is 31.9 Å². The zero-order valence-electron chi connectivity index (χ0n) is 14.1. The molecule has 128 valence electrons. The number of carbonyl (C=O) groups excluding carboxylic acids is 1. The van der Waals surface area contributed by atoms with Gasteiger partial charge in [0, 0.05) is 18.9 Å². The largest absolute Gasteiger partial charge is 0.461 e. The lowest BCUT2D eigenvalue weighted by molar-refractivity contribution is -0.122. The highest BCUT2D eigenvalue weighted by molar-refractivity contribution is 5.76. The second kappa shape index (κ2) is 7.65. The van der Waals surface area contributed by atoms with E-state index in [1.165, 1.54) is 25.3 Å². The lowest BCUT2D eigenvalue weighted by atomic mass is 9.86. The third kappa shape index (κ3) is 4.05. The van der Waals surface area contributed by atoms with E-state index in [4.69, 9.17) is 4.42 Å². The summed E-state index contributed by atoms with van der Waals surface area (Å²) in [6.07, 6.45) is 5.65. The topological polar surface area (TPSA) is 42.2 Å². The Morgan fingerprint density at radius 3 is 2.79 bits per heavy atom. The van der Waals surface area contributed by atoms with E-state index in [2.05, 4.69) is 12.2 Å². The molecule has 4 heteroatoms. The molecule has 0 aliphatic heterocycles. The maximum atomic E-state index is 13.8. The van der Waals surface area contributed by atoms with Crippen LogP contribution in [0.1, 0.15) is 44.8 Å². The van der Waals surface area contributed by atoms with Gasteiger partial charge in [0.1, 0.15) is 17.3 Å². The number of hydrogen-bond donors (Lipinski definition) is 1. The lowest BCUT2D eigenvalue weighted by Gasteiger charge is -2.29. The zero-order valence-corrected chi connectivity index (χ0v) is 14.1. The van der Waals surface area contributed by atoms with Crippen LogP contribution in [0.25, 0.3) is 11.3 Å². The molecule has 1 aromatic carbocycles. The first-order valence-electron chi connectivity index (χ1n) is 8.76. The van der Waals surface area contributed by atoms with Gasteiger partial charge in [0.05, 0.1) is 5.56 Å².